The molecule has 4 rings (SSSR count). The number of benzene rings is 2. The van der Waals surface area contributed by atoms with Gasteiger partial charge in [-0.2, -0.15) is 0 Å². The van der Waals surface area contributed by atoms with E-state index in [2.05, 4.69) is 23.5 Å². The minimum Gasteiger partial charge on any atom is -0.507 e. The zero-order valence-electron chi connectivity index (χ0n) is 14.4. The van der Waals surface area contributed by atoms with Gasteiger partial charge in [0.15, 0.2) is 0 Å². The molecule has 0 radical (unpaired) electrons. The lowest BCUT2D eigenvalue weighted by Crippen LogP contribution is -2.42. The van der Waals surface area contributed by atoms with Crippen molar-refractivity contribution in [2.75, 3.05) is 13.2 Å². The maximum Gasteiger partial charge on any atom is 0.255 e. The summed E-state index contributed by atoms with van der Waals surface area (Å²) in [7, 11) is 0. The van der Waals surface area contributed by atoms with Crippen LogP contribution in [0.15, 0.2) is 42.5 Å². The van der Waals surface area contributed by atoms with E-state index >= 15 is 0 Å². The van der Waals surface area contributed by atoms with Crippen molar-refractivity contribution in [3.05, 3.63) is 64.7 Å². The van der Waals surface area contributed by atoms with Crippen LogP contribution in [0.2, 0.25) is 0 Å². The molecular weight excluding hydrogens is 314 g/mol. The second-order valence-corrected chi connectivity index (χ2v) is 7.28. The Morgan fingerprint density at radius 3 is 2.72 bits per heavy atom. The van der Waals surface area contributed by atoms with Crippen molar-refractivity contribution < 1.29 is 14.6 Å². The van der Waals surface area contributed by atoms with Crippen molar-refractivity contribution in [1.82, 2.24) is 5.32 Å². The Labute approximate surface area is 147 Å². The van der Waals surface area contributed by atoms with E-state index in [4.69, 9.17) is 4.74 Å². The van der Waals surface area contributed by atoms with Crippen molar-refractivity contribution >= 4 is 5.91 Å². The van der Waals surface area contributed by atoms with Gasteiger partial charge in [0.25, 0.3) is 5.91 Å². The summed E-state index contributed by atoms with van der Waals surface area (Å²) in [6.45, 7) is 3.36. The standard InChI is InChI=1S/C21H23NO3/c1-14-6-7-17(18(23)12-14)20(24)22-19-16-5-3-2-4-15(16)13-21(19)8-10-25-11-9-21/h2-7,12,19,23H,8-11,13H2,1H3,(H,22,24). The summed E-state index contributed by atoms with van der Waals surface area (Å²) in [5.74, 6) is -0.185. The average molecular weight is 337 g/mol. The monoisotopic (exact) mass is 337 g/mol. The fourth-order valence-corrected chi connectivity index (χ4v) is 4.30. The van der Waals surface area contributed by atoms with E-state index in [-0.39, 0.29) is 23.1 Å². The second-order valence-electron chi connectivity index (χ2n) is 7.28. The minimum atomic E-state index is -0.218. The van der Waals surface area contributed by atoms with Crippen molar-refractivity contribution in [3.8, 4) is 5.75 Å². The molecule has 1 aliphatic carbocycles. The summed E-state index contributed by atoms with van der Waals surface area (Å²) in [4.78, 5) is 12.9. The zero-order valence-corrected chi connectivity index (χ0v) is 14.4. The summed E-state index contributed by atoms with van der Waals surface area (Å²) in [6, 6.07) is 13.5. The normalized spacial score (nSPS) is 21.1. The molecule has 1 spiro atoms. The highest BCUT2D eigenvalue weighted by atomic mass is 16.5. The van der Waals surface area contributed by atoms with Gasteiger partial charge in [0.2, 0.25) is 0 Å². The number of aromatic hydroxyl groups is 1. The average Bonchev–Trinajstić information content (AvgIpc) is 2.88. The smallest absolute Gasteiger partial charge is 0.255 e. The maximum absolute atomic E-state index is 12.9. The Kier molecular flexibility index (Phi) is 4.00. The SMILES string of the molecule is Cc1ccc(C(=O)NC2c3ccccc3CC23CCOCC3)c(O)c1. The zero-order chi connectivity index (χ0) is 17.4. The Hall–Kier alpha value is -2.33. The third-order valence-corrected chi connectivity index (χ3v) is 5.68. The van der Waals surface area contributed by atoms with Crippen LogP contribution in [0, 0.1) is 12.3 Å². The van der Waals surface area contributed by atoms with Crippen LogP contribution in [0.25, 0.3) is 0 Å². The summed E-state index contributed by atoms with van der Waals surface area (Å²) in [5, 5.41) is 13.4. The molecular formula is C21H23NO3. The Balaban J connectivity index is 1.67. The molecule has 2 aromatic carbocycles. The molecule has 1 fully saturated rings. The van der Waals surface area contributed by atoms with Crippen molar-refractivity contribution in [1.29, 1.82) is 0 Å². The number of rotatable bonds is 2. The van der Waals surface area contributed by atoms with Crippen molar-refractivity contribution in [2.24, 2.45) is 5.41 Å². The van der Waals surface area contributed by atoms with Gasteiger partial charge < -0.3 is 15.2 Å². The fourth-order valence-electron chi connectivity index (χ4n) is 4.30. The van der Waals surface area contributed by atoms with Gasteiger partial charge in [-0.05, 0) is 55.0 Å². The van der Waals surface area contributed by atoms with E-state index in [1.54, 1.807) is 12.1 Å². The van der Waals surface area contributed by atoms with Crippen LogP contribution in [0.5, 0.6) is 5.75 Å². The number of hydrogen-bond acceptors (Lipinski definition) is 3. The summed E-state index contributed by atoms with van der Waals surface area (Å²) in [6.07, 6.45) is 2.84. The number of aryl methyl sites for hydroxylation is 1. The molecule has 1 amide bonds. The van der Waals surface area contributed by atoms with E-state index in [0.29, 0.717) is 5.56 Å². The third-order valence-electron chi connectivity index (χ3n) is 5.68. The first kappa shape index (κ1) is 16.2. The number of fused-ring (bicyclic) bond motifs is 1. The Morgan fingerprint density at radius 1 is 1.20 bits per heavy atom. The van der Waals surface area contributed by atoms with Gasteiger partial charge in [-0.15, -0.1) is 0 Å². The largest absolute Gasteiger partial charge is 0.507 e. The molecule has 0 bridgehead atoms. The number of amides is 1. The van der Waals surface area contributed by atoms with E-state index in [9.17, 15) is 9.90 Å². The van der Waals surface area contributed by atoms with Crippen molar-refractivity contribution in [3.63, 3.8) is 0 Å². The number of hydrogen-bond donors (Lipinski definition) is 2. The van der Waals surface area contributed by atoms with Crippen LogP contribution in [0.1, 0.15) is 45.9 Å². The molecule has 1 heterocycles. The molecule has 2 N–H and O–H groups in total. The first-order valence-electron chi connectivity index (χ1n) is 8.85. The molecule has 2 aromatic rings. The van der Waals surface area contributed by atoms with Crippen LogP contribution in [-0.4, -0.2) is 24.2 Å². The Bertz CT molecular complexity index is 809. The molecule has 25 heavy (non-hydrogen) atoms. The summed E-state index contributed by atoms with van der Waals surface area (Å²) < 4.78 is 5.57. The number of phenolic OH excluding ortho intramolecular Hbond substituents is 1. The Morgan fingerprint density at radius 2 is 1.96 bits per heavy atom. The van der Waals surface area contributed by atoms with Gasteiger partial charge in [-0.25, -0.2) is 0 Å². The van der Waals surface area contributed by atoms with Crippen LogP contribution >= 0.6 is 0 Å². The maximum atomic E-state index is 12.9. The van der Waals surface area contributed by atoms with E-state index in [0.717, 1.165) is 38.0 Å². The molecule has 0 aromatic heterocycles. The summed E-state index contributed by atoms with van der Waals surface area (Å²) in [5.41, 5.74) is 3.78. The number of ether oxygens (including phenoxy) is 1. The highest BCUT2D eigenvalue weighted by Gasteiger charge is 2.47. The molecule has 2 aliphatic rings. The number of carbonyl (C=O) groups is 1. The van der Waals surface area contributed by atoms with Crippen LogP contribution in [0.4, 0.5) is 0 Å². The molecule has 1 aliphatic heterocycles. The lowest BCUT2D eigenvalue weighted by atomic mass is 9.74. The first-order valence-corrected chi connectivity index (χ1v) is 8.85. The lowest BCUT2D eigenvalue weighted by Gasteiger charge is -2.39. The van der Waals surface area contributed by atoms with Crippen LogP contribution < -0.4 is 5.32 Å². The highest BCUT2D eigenvalue weighted by molar-refractivity contribution is 5.97. The molecule has 1 atom stereocenters. The van der Waals surface area contributed by atoms with Gasteiger partial charge in [-0.1, -0.05) is 30.3 Å². The highest BCUT2D eigenvalue weighted by Crippen LogP contribution is 2.51. The molecule has 4 nitrogen and oxygen atoms in total. The van der Waals surface area contributed by atoms with Crippen LogP contribution in [-0.2, 0) is 11.2 Å². The van der Waals surface area contributed by atoms with Gasteiger partial charge in [0.05, 0.1) is 11.6 Å². The molecule has 130 valence electrons. The van der Waals surface area contributed by atoms with Gasteiger partial charge in [-0.3, -0.25) is 4.79 Å². The van der Waals surface area contributed by atoms with E-state index in [1.807, 2.05) is 19.1 Å². The van der Waals surface area contributed by atoms with Crippen LogP contribution in [0.3, 0.4) is 0 Å². The van der Waals surface area contributed by atoms with Gasteiger partial charge >= 0.3 is 0 Å². The second kappa shape index (κ2) is 6.19. The predicted molar refractivity (Wildman–Crippen MR) is 95.7 cm³/mol. The van der Waals surface area contributed by atoms with Gasteiger partial charge in [0.1, 0.15) is 5.75 Å². The number of phenols is 1. The number of nitrogens with one attached hydrogen (secondary N) is 1. The molecule has 4 heteroatoms. The van der Waals surface area contributed by atoms with E-state index in [1.165, 1.54) is 11.1 Å². The third kappa shape index (κ3) is 2.81. The fraction of sp³-hybridized carbons (Fsp3) is 0.381. The predicted octanol–water partition coefficient (Wildman–Crippen LogP) is 3.52. The molecule has 1 unspecified atom stereocenters. The summed E-state index contributed by atoms with van der Waals surface area (Å²) >= 11 is 0. The number of carbonyl (C=O) groups excluding carboxylic acids is 1. The minimum absolute atomic E-state index is 0.0118. The molecule has 0 saturated carbocycles. The van der Waals surface area contributed by atoms with E-state index < -0.39 is 0 Å². The van der Waals surface area contributed by atoms with Gasteiger partial charge in [0, 0.05) is 18.6 Å². The molecule has 1 saturated heterocycles. The lowest BCUT2D eigenvalue weighted by molar-refractivity contribution is 0.000529. The quantitative estimate of drug-likeness (QED) is 0.881. The first-order chi connectivity index (χ1) is 12.1. The topological polar surface area (TPSA) is 58.6 Å². The van der Waals surface area contributed by atoms with Crippen molar-refractivity contribution in [2.45, 2.75) is 32.2 Å².